The third-order valence-corrected chi connectivity index (χ3v) is 8.89. The van der Waals surface area contributed by atoms with E-state index in [-0.39, 0.29) is 0 Å². The Morgan fingerprint density at radius 3 is 1.09 bits per heavy atom. The second kappa shape index (κ2) is 13.3. The number of carbonyl (C=O) groups excluding carboxylic acids is 2. The van der Waals surface area contributed by atoms with Crippen molar-refractivity contribution in [3.8, 4) is 11.5 Å². The summed E-state index contributed by atoms with van der Waals surface area (Å²) >= 11 is 0. The maximum atomic E-state index is 13.0. The molecule has 0 N–H and O–H groups in total. The maximum absolute atomic E-state index is 13.0. The van der Waals surface area contributed by atoms with Gasteiger partial charge in [0.25, 0.3) is 0 Å². The average Bonchev–Trinajstić information content (AvgIpc) is 3.10. The average molecular weight is 617 g/mol. The Morgan fingerprint density at radius 2 is 0.745 bits per heavy atom. The van der Waals surface area contributed by atoms with E-state index < -0.39 is 17.4 Å². The summed E-state index contributed by atoms with van der Waals surface area (Å²) in [4.78, 5) is 26.0. The van der Waals surface area contributed by atoms with Gasteiger partial charge in [0.05, 0.1) is 16.5 Å². The minimum atomic E-state index is -0.726. The van der Waals surface area contributed by atoms with Gasteiger partial charge < -0.3 is 9.47 Å². The highest BCUT2D eigenvalue weighted by atomic mass is 16.5. The molecular weight excluding hydrogens is 580 g/mol. The predicted octanol–water partition coefficient (Wildman–Crippen LogP) is 9.74. The molecule has 6 rings (SSSR count). The van der Waals surface area contributed by atoms with E-state index in [0.29, 0.717) is 22.6 Å². The monoisotopic (exact) mass is 616 g/mol. The molecule has 0 fully saturated rings. The van der Waals surface area contributed by atoms with Gasteiger partial charge in [0.1, 0.15) is 11.5 Å². The van der Waals surface area contributed by atoms with Crippen LogP contribution in [-0.2, 0) is 5.41 Å². The van der Waals surface area contributed by atoms with Crippen LogP contribution in [0.15, 0.2) is 146 Å². The summed E-state index contributed by atoms with van der Waals surface area (Å²) in [5, 5.41) is 0. The zero-order chi connectivity index (χ0) is 33.0. The summed E-state index contributed by atoms with van der Waals surface area (Å²) in [6, 6.07) is 47.2. The van der Waals surface area contributed by atoms with Crippen LogP contribution >= 0.6 is 0 Å². The summed E-state index contributed by atoms with van der Waals surface area (Å²) in [7, 11) is 0. The first-order valence-electron chi connectivity index (χ1n) is 15.7. The molecule has 232 valence electrons. The van der Waals surface area contributed by atoms with Gasteiger partial charge in [-0.1, -0.05) is 97.1 Å². The molecule has 0 aliphatic carbocycles. The van der Waals surface area contributed by atoms with E-state index in [1.807, 2.05) is 137 Å². The Labute approximate surface area is 276 Å². The van der Waals surface area contributed by atoms with Gasteiger partial charge in [-0.3, -0.25) is 0 Å². The summed E-state index contributed by atoms with van der Waals surface area (Å²) in [5.74, 6) is 0.120. The molecule has 0 saturated heterocycles. The molecule has 6 aromatic carbocycles. The molecular formula is C43H36O4. The molecule has 0 aliphatic rings. The molecule has 0 atom stereocenters. The zero-order valence-electron chi connectivity index (χ0n) is 27.0. The fraction of sp³-hybridized carbons (Fsp3) is 0.116. The molecule has 4 nitrogen and oxygen atoms in total. The quantitative estimate of drug-likeness (QED) is 0.0971. The fourth-order valence-corrected chi connectivity index (χ4v) is 5.99. The first-order chi connectivity index (χ1) is 22.8. The van der Waals surface area contributed by atoms with Gasteiger partial charge in [-0.05, 0) is 121 Å². The van der Waals surface area contributed by atoms with E-state index in [2.05, 4.69) is 24.3 Å². The third kappa shape index (κ3) is 6.36. The number of esters is 2. The van der Waals surface area contributed by atoms with Gasteiger partial charge in [-0.15, -0.1) is 0 Å². The van der Waals surface area contributed by atoms with E-state index in [1.165, 1.54) is 0 Å². The highest BCUT2D eigenvalue weighted by Crippen LogP contribution is 2.45. The van der Waals surface area contributed by atoms with Crippen molar-refractivity contribution in [2.45, 2.75) is 33.1 Å². The lowest BCUT2D eigenvalue weighted by molar-refractivity contribution is 0.0725. The summed E-state index contributed by atoms with van der Waals surface area (Å²) < 4.78 is 11.6. The van der Waals surface area contributed by atoms with Crippen LogP contribution < -0.4 is 9.47 Å². The molecule has 0 heterocycles. The molecule has 0 unspecified atom stereocenters. The number of aryl methyl sites for hydroxylation is 4. The Bertz CT molecular complexity index is 1880. The molecule has 0 aliphatic heterocycles. The van der Waals surface area contributed by atoms with Crippen molar-refractivity contribution in [2.24, 2.45) is 0 Å². The first-order valence-corrected chi connectivity index (χ1v) is 15.7. The zero-order valence-corrected chi connectivity index (χ0v) is 27.0. The van der Waals surface area contributed by atoms with Gasteiger partial charge in [-0.2, -0.15) is 0 Å². The van der Waals surface area contributed by atoms with E-state index in [9.17, 15) is 9.59 Å². The van der Waals surface area contributed by atoms with Crippen LogP contribution in [0, 0.1) is 27.7 Å². The normalized spacial score (nSPS) is 11.1. The van der Waals surface area contributed by atoms with Gasteiger partial charge >= 0.3 is 11.9 Å². The Balaban J connectivity index is 1.39. The van der Waals surface area contributed by atoms with Gasteiger partial charge in [0.15, 0.2) is 0 Å². The largest absolute Gasteiger partial charge is 0.423 e. The van der Waals surface area contributed by atoms with Crippen LogP contribution in [0.5, 0.6) is 11.5 Å². The molecule has 47 heavy (non-hydrogen) atoms. The number of hydrogen-bond donors (Lipinski definition) is 0. The number of hydrogen-bond acceptors (Lipinski definition) is 4. The van der Waals surface area contributed by atoms with Crippen LogP contribution in [0.1, 0.15) is 65.2 Å². The lowest BCUT2D eigenvalue weighted by atomic mass is 9.65. The van der Waals surface area contributed by atoms with Gasteiger partial charge in [-0.25, -0.2) is 9.59 Å². The fourth-order valence-electron chi connectivity index (χ4n) is 5.99. The molecule has 0 spiro atoms. The topological polar surface area (TPSA) is 52.6 Å². The standard InChI is InChI=1S/C43H36O4/c1-29-15-17-33(27-31(29)3)41(44)46-39-23-19-37(20-24-39)43(35-11-7-5-8-12-35,36-13-9-6-10-14-36)38-21-25-40(26-22-38)47-42(45)34-18-16-30(2)32(4)28-34/h5-28H,1-4H3. The summed E-state index contributed by atoms with van der Waals surface area (Å²) in [6.07, 6.45) is 0. The number of carbonyl (C=O) groups is 2. The van der Waals surface area contributed by atoms with Gasteiger partial charge in [0, 0.05) is 0 Å². The van der Waals surface area contributed by atoms with Crippen LogP contribution in [-0.4, -0.2) is 11.9 Å². The lowest BCUT2D eigenvalue weighted by Crippen LogP contribution is -2.31. The molecule has 0 radical (unpaired) electrons. The van der Waals surface area contributed by atoms with E-state index >= 15 is 0 Å². The van der Waals surface area contributed by atoms with E-state index in [4.69, 9.17) is 9.47 Å². The third-order valence-electron chi connectivity index (χ3n) is 8.89. The number of benzene rings is 6. The van der Waals surface area contributed by atoms with Crippen LogP contribution in [0.3, 0.4) is 0 Å². The Kier molecular flexibility index (Phi) is 8.86. The van der Waals surface area contributed by atoms with Crippen molar-refractivity contribution in [3.63, 3.8) is 0 Å². The maximum Gasteiger partial charge on any atom is 0.343 e. The molecule has 0 amide bonds. The van der Waals surface area contributed by atoms with E-state index in [0.717, 1.165) is 44.5 Å². The number of ether oxygens (including phenoxy) is 2. The Morgan fingerprint density at radius 1 is 0.404 bits per heavy atom. The Hall–Kier alpha value is -5.74. The highest BCUT2D eigenvalue weighted by Gasteiger charge is 2.38. The van der Waals surface area contributed by atoms with Gasteiger partial charge in [0.2, 0.25) is 0 Å². The smallest absolute Gasteiger partial charge is 0.343 e. The highest BCUT2D eigenvalue weighted by molar-refractivity contribution is 5.92. The van der Waals surface area contributed by atoms with Crippen molar-refractivity contribution < 1.29 is 19.1 Å². The molecule has 6 aromatic rings. The van der Waals surface area contributed by atoms with E-state index in [1.54, 1.807) is 12.1 Å². The summed E-state index contributed by atoms with van der Waals surface area (Å²) in [6.45, 7) is 7.99. The second-order valence-corrected chi connectivity index (χ2v) is 11.9. The number of rotatable bonds is 8. The minimum Gasteiger partial charge on any atom is -0.423 e. The van der Waals surface area contributed by atoms with Crippen LogP contribution in [0.25, 0.3) is 0 Å². The van der Waals surface area contributed by atoms with Crippen molar-refractivity contribution in [1.29, 1.82) is 0 Å². The van der Waals surface area contributed by atoms with Crippen molar-refractivity contribution >= 4 is 11.9 Å². The second-order valence-electron chi connectivity index (χ2n) is 11.9. The van der Waals surface area contributed by atoms with Crippen molar-refractivity contribution in [2.75, 3.05) is 0 Å². The molecule has 0 aromatic heterocycles. The predicted molar refractivity (Wildman–Crippen MR) is 187 cm³/mol. The van der Waals surface area contributed by atoms with Crippen LogP contribution in [0.2, 0.25) is 0 Å². The molecule has 0 bridgehead atoms. The minimum absolute atomic E-state index is 0.399. The van der Waals surface area contributed by atoms with Crippen LogP contribution in [0.4, 0.5) is 0 Å². The first kappa shape index (κ1) is 31.3. The molecule has 0 saturated carbocycles. The SMILES string of the molecule is Cc1ccc(C(=O)Oc2ccc(C(c3ccccc3)(c3ccccc3)c3ccc(OC(=O)c4ccc(C)c(C)c4)cc3)cc2)cc1C. The lowest BCUT2D eigenvalue weighted by Gasteiger charge is -2.37. The summed E-state index contributed by atoms with van der Waals surface area (Å²) in [5.41, 5.74) is 8.71. The van der Waals surface area contributed by atoms with Crippen molar-refractivity contribution in [3.05, 3.63) is 201 Å². The van der Waals surface area contributed by atoms with Crippen molar-refractivity contribution in [1.82, 2.24) is 0 Å². The molecule has 4 heteroatoms.